The van der Waals surface area contributed by atoms with Crippen LogP contribution in [0.25, 0.3) is 17.2 Å². The van der Waals surface area contributed by atoms with Gasteiger partial charge in [-0.15, -0.1) is 0 Å². The van der Waals surface area contributed by atoms with Crippen LogP contribution in [-0.2, 0) is 20.4 Å². The van der Waals surface area contributed by atoms with E-state index in [4.69, 9.17) is 17.3 Å². The summed E-state index contributed by atoms with van der Waals surface area (Å²) in [5, 5.41) is 9.16. The van der Waals surface area contributed by atoms with Gasteiger partial charge in [0.05, 0.1) is 4.91 Å². The van der Waals surface area contributed by atoms with Gasteiger partial charge in [0.15, 0.2) is 0 Å². The lowest BCUT2D eigenvalue weighted by atomic mass is 9.62. The quantitative estimate of drug-likeness (QED) is 0.343. The summed E-state index contributed by atoms with van der Waals surface area (Å²) in [5.41, 5.74) is 8.29. The molecule has 8 heteroatoms. The van der Waals surface area contributed by atoms with Crippen LogP contribution in [0, 0.1) is 0 Å². The number of thioether (sulfide) groups is 1. The van der Waals surface area contributed by atoms with Crippen molar-refractivity contribution in [3.63, 3.8) is 0 Å². The molecule has 0 radical (unpaired) electrons. The van der Waals surface area contributed by atoms with Crippen molar-refractivity contribution in [2.24, 2.45) is 0 Å². The molecule has 1 aliphatic carbocycles. The van der Waals surface area contributed by atoms with Gasteiger partial charge in [0.2, 0.25) is 0 Å². The predicted molar refractivity (Wildman–Crippen MR) is 163 cm³/mol. The Morgan fingerprint density at radius 1 is 0.974 bits per heavy atom. The van der Waals surface area contributed by atoms with Crippen LogP contribution in [0.15, 0.2) is 35.2 Å². The SMILES string of the molecule is CN(C)c1ccc(/C=C2/SC(=S)N(CC(=O)O)C2=O)cc1-c1cc2c(cc1N(C)C)C(C)(C)CCC2(C)C. The normalized spacial score (nSPS) is 19.1. The molecular formula is C30H37N3O3S2. The third kappa shape index (κ3) is 5.21. The lowest BCUT2D eigenvalue weighted by Crippen LogP contribution is -2.34. The number of hydrogen-bond acceptors (Lipinski definition) is 6. The minimum absolute atomic E-state index is 0.0680. The Kier molecular flexibility index (Phi) is 7.45. The summed E-state index contributed by atoms with van der Waals surface area (Å²) in [4.78, 5) is 30.0. The first-order valence-corrected chi connectivity index (χ1v) is 14.0. The van der Waals surface area contributed by atoms with Crippen molar-refractivity contribution < 1.29 is 14.7 Å². The van der Waals surface area contributed by atoms with Crippen molar-refractivity contribution in [1.29, 1.82) is 0 Å². The van der Waals surface area contributed by atoms with Gasteiger partial charge in [-0.25, -0.2) is 0 Å². The maximum Gasteiger partial charge on any atom is 0.323 e. The Balaban J connectivity index is 1.90. The zero-order valence-corrected chi connectivity index (χ0v) is 25.1. The maximum absolute atomic E-state index is 12.9. The summed E-state index contributed by atoms with van der Waals surface area (Å²) in [6.07, 6.45) is 4.09. The first-order chi connectivity index (χ1) is 17.6. The highest BCUT2D eigenvalue weighted by atomic mass is 32.2. The van der Waals surface area contributed by atoms with Crippen molar-refractivity contribution in [2.45, 2.75) is 51.4 Å². The van der Waals surface area contributed by atoms with Crippen LogP contribution in [0.3, 0.4) is 0 Å². The van der Waals surface area contributed by atoms with Gasteiger partial charge in [-0.3, -0.25) is 14.5 Å². The van der Waals surface area contributed by atoms with Crippen LogP contribution < -0.4 is 9.80 Å². The van der Waals surface area contributed by atoms with Crippen molar-refractivity contribution in [3.05, 3.63) is 51.9 Å². The largest absolute Gasteiger partial charge is 0.480 e. The number of aliphatic carboxylic acids is 1. The molecule has 38 heavy (non-hydrogen) atoms. The third-order valence-corrected chi connectivity index (χ3v) is 9.09. The van der Waals surface area contributed by atoms with E-state index in [2.05, 4.69) is 75.9 Å². The average molecular weight is 552 g/mol. The topological polar surface area (TPSA) is 64.1 Å². The number of rotatable bonds is 6. The van der Waals surface area contributed by atoms with Gasteiger partial charge in [-0.05, 0) is 70.7 Å². The number of carbonyl (C=O) groups excluding carboxylic acids is 1. The number of amides is 1. The average Bonchev–Trinajstić information content (AvgIpc) is 3.08. The second kappa shape index (κ2) is 10.0. The van der Waals surface area contributed by atoms with Gasteiger partial charge in [-0.1, -0.05) is 57.7 Å². The number of fused-ring (bicyclic) bond motifs is 1. The van der Waals surface area contributed by atoms with Gasteiger partial charge in [0, 0.05) is 50.7 Å². The monoisotopic (exact) mass is 551 g/mol. The molecule has 2 aliphatic rings. The minimum atomic E-state index is -1.09. The molecule has 4 rings (SSSR count). The van der Waals surface area contributed by atoms with Crippen LogP contribution in [0.5, 0.6) is 0 Å². The summed E-state index contributed by atoms with van der Waals surface area (Å²) in [6.45, 7) is 8.92. The second-order valence-corrected chi connectivity index (χ2v) is 13.6. The number of carbonyl (C=O) groups is 2. The summed E-state index contributed by atoms with van der Waals surface area (Å²) in [5.74, 6) is -1.46. The molecule has 1 saturated heterocycles. The first-order valence-electron chi connectivity index (χ1n) is 12.8. The molecule has 1 heterocycles. The molecular weight excluding hydrogens is 514 g/mol. The van der Waals surface area contributed by atoms with Crippen molar-refractivity contribution in [1.82, 2.24) is 4.90 Å². The van der Waals surface area contributed by atoms with Gasteiger partial charge >= 0.3 is 5.97 Å². The fraction of sp³-hybridized carbons (Fsp3) is 0.433. The van der Waals surface area contributed by atoms with Gasteiger partial charge < -0.3 is 14.9 Å². The number of thiocarbonyl (C=S) groups is 1. The van der Waals surface area contributed by atoms with Crippen molar-refractivity contribution in [2.75, 3.05) is 44.5 Å². The lowest BCUT2D eigenvalue weighted by molar-refractivity contribution is -0.140. The van der Waals surface area contributed by atoms with Gasteiger partial charge in [0.1, 0.15) is 10.9 Å². The molecule has 1 fully saturated rings. The molecule has 1 amide bonds. The van der Waals surface area contributed by atoms with Gasteiger partial charge in [-0.2, -0.15) is 0 Å². The predicted octanol–water partition coefficient (Wildman–Crippen LogP) is 6.12. The van der Waals surface area contributed by atoms with E-state index in [1.807, 2.05) is 26.2 Å². The highest BCUT2D eigenvalue weighted by molar-refractivity contribution is 8.26. The molecule has 2 aromatic rings. The van der Waals surface area contributed by atoms with Crippen LogP contribution in [0.4, 0.5) is 11.4 Å². The van der Waals surface area contributed by atoms with Crippen LogP contribution in [0.2, 0.25) is 0 Å². The molecule has 1 N–H and O–H groups in total. The van der Waals surface area contributed by atoms with Gasteiger partial charge in [0.25, 0.3) is 5.91 Å². The molecule has 0 spiro atoms. The molecule has 0 bridgehead atoms. The Labute approximate surface area is 235 Å². The Morgan fingerprint density at radius 3 is 2.08 bits per heavy atom. The fourth-order valence-corrected chi connectivity index (χ4v) is 6.62. The van der Waals surface area contributed by atoms with Crippen molar-refractivity contribution in [3.8, 4) is 11.1 Å². The van der Waals surface area contributed by atoms with E-state index in [1.165, 1.54) is 11.1 Å². The highest BCUT2D eigenvalue weighted by Crippen LogP contribution is 2.50. The van der Waals surface area contributed by atoms with Crippen LogP contribution >= 0.6 is 24.0 Å². The molecule has 0 saturated carbocycles. The van der Waals surface area contributed by atoms with E-state index < -0.39 is 12.5 Å². The molecule has 2 aromatic carbocycles. The molecule has 1 aliphatic heterocycles. The zero-order valence-electron chi connectivity index (χ0n) is 23.5. The standard InChI is InChI=1S/C30H37N3O3S2/c1-29(2)11-12-30(3,4)22-16-24(32(7)8)20(15-21(22)29)19-13-18(9-10-23(19)31(5)6)14-25-27(36)33(17-26(34)35)28(37)38-25/h9-10,13-16H,11-12,17H2,1-8H3,(H,34,35)/b25-14+. The number of nitrogens with zero attached hydrogens (tertiary/aromatic N) is 3. The Hall–Kier alpha value is -2.84. The Bertz CT molecular complexity index is 1360. The Morgan fingerprint density at radius 2 is 1.53 bits per heavy atom. The lowest BCUT2D eigenvalue weighted by Gasteiger charge is -2.43. The maximum atomic E-state index is 12.9. The second-order valence-electron chi connectivity index (χ2n) is 11.9. The molecule has 0 aromatic heterocycles. The molecule has 0 atom stereocenters. The number of hydrogen-bond donors (Lipinski definition) is 1. The van der Waals surface area contributed by atoms with E-state index >= 15 is 0 Å². The summed E-state index contributed by atoms with van der Waals surface area (Å²) in [6, 6.07) is 10.9. The fourth-order valence-electron chi connectivity index (χ4n) is 5.36. The summed E-state index contributed by atoms with van der Waals surface area (Å²) < 4.78 is 0.267. The van der Waals surface area contributed by atoms with E-state index in [0.29, 0.717) is 4.91 Å². The third-order valence-electron chi connectivity index (χ3n) is 7.71. The number of carboxylic acids is 1. The highest BCUT2D eigenvalue weighted by Gasteiger charge is 2.38. The molecule has 6 nitrogen and oxygen atoms in total. The van der Waals surface area contributed by atoms with Crippen LogP contribution in [0.1, 0.15) is 57.2 Å². The molecule has 202 valence electrons. The van der Waals surface area contributed by atoms with E-state index in [0.717, 1.165) is 57.6 Å². The van der Waals surface area contributed by atoms with E-state index in [1.54, 1.807) is 0 Å². The molecule has 0 unspecified atom stereocenters. The zero-order chi connectivity index (χ0) is 28.2. The smallest absolute Gasteiger partial charge is 0.323 e. The van der Waals surface area contributed by atoms with Crippen LogP contribution in [-0.4, -0.2) is 60.9 Å². The van der Waals surface area contributed by atoms with Crippen molar-refractivity contribution >= 4 is 57.6 Å². The first kappa shape index (κ1) is 28.2. The minimum Gasteiger partial charge on any atom is -0.480 e. The van der Waals surface area contributed by atoms with E-state index in [9.17, 15) is 9.59 Å². The van der Waals surface area contributed by atoms with E-state index in [-0.39, 0.29) is 21.1 Å². The number of benzene rings is 2. The number of anilines is 2. The number of carboxylic acid groups (broad SMARTS) is 1. The summed E-state index contributed by atoms with van der Waals surface area (Å²) >= 11 is 6.42. The summed E-state index contributed by atoms with van der Waals surface area (Å²) in [7, 11) is 8.24.